The van der Waals surface area contributed by atoms with E-state index in [1.165, 1.54) is 6.07 Å². The number of nitrogens with one attached hydrogen (secondary N) is 2. The Morgan fingerprint density at radius 2 is 1.89 bits per heavy atom. The van der Waals surface area contributed by atoms with E-state index in [2.05, 4.69) is 26.6 Å². The summed E-state index contributed by atoms with van der Waals surface area (Å²) >= 11 is 3.28. The number of piperidine rings is 1. The molecule has 0 unspecified atom stereocenters. The average Bonchev–Trinajstić information content (AvgIpc) is 2.32. The maximum absolute atomic E-state index is 12.6. The van der Waals surface area contributed by atoms with E-state index in [0.29, 0.717) is 10.2 Å². The predicted octanol–water partition coefficient (Wildman–Crippen LogP) is 3.63. The van der Waals surface area contributed by atoms with Gasteiger partial charge in [0.1, 0.15) is 0 Å². The van der Waals surface area contributed by atoms with Crippen molar-refractivity contribution >= 4 is 21.6 Å². The van der Waals surface area contributed by atoms with E-state index in [1.54, 1.807) is 0 Å². The second kappa shape index (κ2) is 5.48. The fourth-order valence-electron chi connectivity index (χ4n) is 2.00. The molecule has 1 aromatic rings. The van der Waals surface area contributed by atoms with Crippen molar-refractivity contribution in [2.75, 3.05) is 18.4 Å². The lowest BCUT2D eigenvalue weighted by atomic mass is 10.1. The van der Waals surface area contributed by atoms with Crippen molar-refractivity contribution in [2.45, 2.75) is 25.1 Å². The van der Waals surface area contributed by atoms with Crippen LogP contribution in [0.15, 0.2) is 22.7 Å². The minimum atomic E-state index is -4.30. The Morgan fingerprint density at radius 3 is 2.50 bits per heavy atom. The van der Waals surface area contributed by atoms with Gasteiger partial charge in [-0.15, -0.1) is 0 Å². The SMILES string of the molecule is FC(F)(F)c1ccc(Br)c(NC2CCNCC2)c1. The summed E-state index contributed by atoms with van der Waals surface area (Å²) in [7, 11) is 0. The molecule has 0 atom stereocenters. The first kappa shape index (κ1) is 13.7. The van der Waals surface area contributed by atoms with Crippen molar-refractivity contribution in [2.24, 2.45) is 0 Å². The van der Waals surface area contributed by atoms with Gasteiger partial charge in [0.05, 0.1) is 5.56 Å². The van der Waals surface area contributed by atoms with Gasteiger partial charge in [-0.1, -0.05) is 0 Å². The third kappa shape index (κ3) is 3.38. The molecule has 2 N–H and O–H groups in total. The highest BCUT2D eigenvalue weighted by Gasteiger charge is 2.31. The maximum atomic E-state index is 12.6. The molecule has 0 radical (unpaired) electrons. The molecule has 100 valence electrons. The third-order valence-electron chi connectivity index (χ3n) is 2.99. The van der Waals surface area contributed by atoms with Crippen LogP contribution in [0, 0.1) is 0 Å². The largest absolute Gasteiger partial charge is 0.416 e. The molecule has 0 aliphatic carbocycles. The summed E-state index contributed by atoms with van der Waals surface area (Å²) < 4.78 is 38.5. The molecule has 1 fully saturated rings. The molecule has 0 amide bonds. The molecule has 6 heteroatoms. The Balaban J connectivity index is 2.15. The normalized spacial score (nSPS) is 17.8. The Kier molecular flexibility index (Phi) is 4.17. The van der Waals surface area contributed by atoms with Crippen LogP contribution in [0.25, 0.3) is 0 Å². The van der Waals surface area contributed by atoms with Crippen molar-refractivity contribution in [3.05, 3.63) is 28.2 Å². The molecule has 1 saturated heterocycles. The lowest BCUT2D eigenvalue weighted by Crippen LogP contribution is -2.35. The summed E-state index contributed by atoms with van der Waals surface area (Å²) in [5.74, 6) is 0. The zero-order chi connectivity index (χ0) is 13.2. The number of anilines is 1. The van der Waals surface area contributed by atoms with Gasteiger partial charge >= 0.3 is 6.18 Å². The van der Waals surface area contributed by atoms with Crippen LogP contribution in [0.2, 0.25) is 0 Å². The number of rotatable bonds is 2. The molecule has 1 aliphatic rings. The topological polar surface area (TPSA) is 24.1 Å². The first-order valence-corrected chi connectivity index (χ1v) is 6.60. The van der Waals surface area contributed by atoms with Gasteiger partial charge < -0.3 is 10.6 Å². The molecule has 1 heterocycles. The molecule has 1 aliphatic heterocycles. The summed E-state index contributed by atoms with van der Waals surface area (Å²) in [5.41, 5.74) is -0.112. The van der Waals surface area contributed by atoms with E-state index in [-0.39, 0.29) is 6.04 Å². The van der Waals surface area contributed by atoms with Crippen LogP contribution in [0.4, 0.5) is 18.9 Å². The smallest absolute Gasteiger partial charge is 0.381 e. The van der Waals surface area contributed by atoms with Crippen molar-refractivity contribution in [3.63, 3.8) is 0 Å². The number of halogens is 4. The van der Waals surface area contributed by atoms with Crippen molar-refractivity contribution in [1.82, 2.24) is 5.32 Å². The Labute approximate surface area is 112 Å². The number of benzene rings is 1. The van der Waals surface area contributed by atoms with Crippen molar-refractivity contribution < 1.29 is 13.2 Å². The van der Waals surface area contributed by atoms with Crippen LogP contribution in [-0.4, -0.2) is 19.1 Å². The van der Waals surface area contributed by atoms with E-state index in [0.717, 1.165) is 38.1 Å². The average molecular weight is 323 g/mol. The van der Waals surface area contributed by atoms with Gasteiger partial charge in [-0.05, 0) is 60.1 Å². The first-order chi connectivity index (χ1) is 8.47. The lowest BCUT2D eigenvalue weighted by Gasteiger charge is -2.25. The fourth-order valence-corrected chi connectivity index (χ4v) is 2.36. The number of hydrogen-bond donors (Lipinski definition) is 2. The maximum Gasteiger partial charge on any atom is 0.416 e. The molecule has 0 bridgehead atoms. The van der Waals surface area contributed by atoms with Gasteiger partial charge in [0.2, 0.25) is 0 Å². The third-order valence-corrected chi connectivity index (χ3v) is 3.68. The van der Waals surface area contributed by atoms with E-state index >= 15 is 0 Å². The summed E-state index contributed by atoms with van der Waals surface area (Å²) in [6.07, 6.45) is -2.46. The molecule has 0 spiro atoms. The highest BCUT2D eigenvalue weighted by molar-refractivity contribution is 9.10. The van der Waals surface area contributed by atoms with Gasteiger partial charge in [0, 0.05) is 16.2 Å². The summed E-state index contributed by atoms with van der Waals surface area (Å²) in [5, 5.41) is 6.39. The molecule has 18 heavy (non-hydrogen) atoms. The van der Waals surface area contributed by atoms with Crippen LogP contribution >= 0.6 is 15.9 Å². The molecule has 2 rings (SSSR count). The zero-order valence-corrected chi connectivity index (χ0v) is 11.2. The summed E-state index contributed by atoms with van der Waals surface area (Å²) in [6, 6.07) is 3.90. The Morgan fingerprint density at radius 1 is 1.22 bits per heavy atom. The van der Waals surface area contributed by atoms with E-state index in [1.807, 2.05) is 0 Å². The van der Waals surface area contributed by atoms with Crippen LogP contribution in [-0.2, 0) is 6.18 Å². The molecule has 0 aromatic heterocycles. The zero-order valence-electron chi connectivity index (χ0n) is 9.65. The molecule has 1 aromatic carbocycles. The highest BCUT2D eigenvalue weighted by atomic mass is 79.9. The van der Waals surface area contributed by atoms with Crippen molar-refractivity contribution in [3.8, 4) is 0 Å². The minimum absolute atomic E-state index is 0.228. The van der Waals surface area contributed by atoms with E-state index < -0.39 is 11.7 Å². The van der Waals surface area contributed by atoms with Gasteiger partial charge in [-0.3, -0.25) is 0 Å². The van der Waals surface area contributed by atoms with Gasteiger partial charge in [0.15, 0.2) is 0 Å². The molecular formula is C12H14BrF3N2. The van der Waals surface area contributed by atoms with Gasteiger partial charge in [-0.25, -0.2) is 0 Å². The number of alkyl halides is 3. The Hall–Kier alpha value is -0.750. The standard InChI is InChI=1S/C12H14BrF3N2/c13-10-2-1-8(12(14,15)16)7-11(10)18-9-3-5-17-6-4-9/h1-2,7,9,17-18H,3-6H2. The molecule has 0 saturated carbocycles. The van der Waals surface area contributed by atoms with Crippen LogP contribution in [0.3, 0.4) is 0 Å². The van der Waals surface area contributed by atoms with Gasteiger partial charge in [0.25, 0.3) is 0 Å². The highest BCUT2D eigenvalue weighted by Crippen LogP contribution is 2.34. The van der Waals surface area contributed by atoms with E-state index in [4.69, 9.17) is 0 Å². The monoisotopic (exact) mass is 322 g/mol. The second-order valence-electron chi connectivity index (χ2n) is 4.36. The first-order valence-electron chi connectivity index (χ1n) is 5.81. The minimum Gasteiger partial charge on any atom is -0.381 e. The van der Waals surface area contributed by atoms with E-state index in [9.17, 15) is 13.2 Å². The van der Waals surface area contributed by atoms with Crippen LogP contribution in [0.5, 0.6) is 0 Å². The predicted molar refractivity (Wildman–Crippen MR) is 68.7 cm³/mol. The quantitative estimate of drug-likeness (QED) is 0.868. The fraction of sp³-hybridized carbons (Fsp3) is 0.500. The second-order valence-corrected chi connectivity index (χ2v) is 5.22. The van der Waals surface area contributed by atoms with Gasteiger partial charge in [-0.2, -0.15) is 13.2 Å². The summed E-state index contributed by atoms with van der Waals surface area (Å²) in [6.45, 7) is 1.79. The van der Waals surface area contributed by atoms with Crippen molar-refractivity contribution in [1.29, 1.82) is 0 Å². The number of hydrogen-bond acceptors (Lipinski definition) is 2. The molecular weight excluding hydrogens is 309 g/mol. The van der Waals surface area contributed by atoms with Crippen LogP contribution in [0.1, 0.15) is 18.4 Å². The molecule has 2 nitrogen and oxygen atoms in total. The lowest BCUT2D eigenvalue weighted by molar-refractivity contribution is -0.137. The summed E-state index contributed by atoms with van der Waals surface area (Å²) in [4.78, 5) is 0. The van der Waals surface area contributed by atoms with Crippen LogP contribution < -0.4 is 10.6 Å². The Bertz CT molecular complexity index is 414.